The van der Waals surface area contributed by atoms with Crippen molar-refractivity contribution in [2.24, 2.45) is 0 Å². The predicted molar refractivity (Wildman–Crippen MR) is 228 cm³/mol. The van der Waals surface area contributed by atoms with E-state index in [2.05, 4.69) is 143 Å². The molecule has 0 N–H and O–H groups in total. The lowest BCUT2D eigenvalue weighted by atomic mass is 10.1. The zero-order valence-corrected chi connectivity index (χ0v) is 30.2. The zero-order chi connectivity index (χ0) is 37.0. The van der Waals surface area contributed by atoms with Gasteiger partial charge in [-0.25, -0.2) is 9.97 Å². The Morgan fingerprint density at radius 3 is 1.48 bits per heavy atom. The van der Waals surface area contributed by atoms with Gasteiger partial charge in [0.2, 0.25) is 5.95 Å². The average molecular weight is 717 g/mol. The largest absolute Gasteiger partial charge is 0.307 e. The molecule has 0 aliphatic heterocycles. The van der Waals surface area contributed by atoms with E-state index in [1.807, 2.05) is 60.9 Å². The van der Waals surface area contributed by atoms with Gasteiger partial charge in [0, 0.05) is 56.3 Å². The Labute approximate surface area is 322 Å². The van der Waals surface area contributed by atoms with E-state index in [1.54, 1.807) is 0 Å². The van der Waals surface area contributed by atoms with Crippen molar-refractivity contribution in [2.45, 2.75) is 0 Å². The number of rotatable bonds is 6. The Morgan fingerprint density at radius 2 is 0.839 bits per heavy atom. The summed E-state index contributed by atoms with van der Waals surface area (Å²) >= 11 is 0. The van der Waals surface area contributed by atoms with Crippen molar-refractivity contribution in [2.75, 3.05) is 0 Å². The Morgan fingerprint density at radius 1 is 0.321 bits per heavy atom. The van der Waals surface area contributed by atoms with Crippen LogP contribution in [0.5, 0.6) is 0 Å². The van der Waals surface area contributed by atoms with Crippen LogP contribution in [0, 0.1) is 0 Å². The third-order valence-corrected chi connectivity index (χ3v) is 10.7. The van der Waals surface area contributed by atoms with Crippen LogP contribution < -0.4 is 0 Å². The number of para-hydroxylation sites is 3. The van der Waals surface area contributed by atoms with Gasteiger partial charge in [-0.1, -0.05) is 133 Å². The summed E-state index contributed by atoms with van der Waals surface area (Å²) in [5, 5.41) is 4.61. The minimum Gasteiger partial charge on any atom is -0.307 e. The van der Waals surface area contributed by atoms with Gasteiger partial charge in [0.05, 0.1) is 44.8 Å². The number of fused-ring (bicyclic) bond motifs is 7. The molecule has 0 unspecified atom stereocenters. The molecule has 0 fully saturated rings. The van der Waals surface area contributed by atoms with Crippen molar-refractivity contribution < 1.29 is 0 Å². The molecule has 5 heterocycles. The number of nitrogens with zero attached hydrogens (tertiary/aromatic N) is 6. The van der Waals surface area contributed by atoms with Crippen LogP contribution >= 0.6 is 0 Å². The maximum atomic E-state index is 5.38. The van der Waals surface area contributed by atoms with Gasteiger partial charge in [0.25, 0.3) is 0 Å². The monoisotopic (exact) mass is 716 g/mol. The molecular formula is C50H32N6. The molecule has 0 saturated carbocycles. The molecule has 5 aromatic heterocycles. The first-order valence-electron chi connectivity index (χ1n) is 18.7. The predicted octanol–water partition coefficient (Wildman–Crippen LogP) is 12.1. The van der Waals surface area contributed by atoms with Gasteiger partial charge in [-0.15, -0.1) is 0 Å². The van der Waals surface area contributed by atoms with Gasteiger partial charge >= 0.3 is 0 Å². The van der Waals surface area contributed by atoms with Crippen LogP contribution in [-0.4, -0.2) is 29.1 Å². The molecule has 262 valence electrons. The van der Waals surface area contributed by atoms with Crippen molar-refractivity contribution in [3.8, 4) is 56.7 Å². The fourth-order valence-electron chi connectivity index (χ4n) is 8.04. The molecule has 0 amide bonds. The number of pyridine rings is 2. The molecule has 11 aromatic rings. The first-order valence-corrected chi connectivity index (χ1v) is 18.7. The van der Waals surface area contributed by atoms with Crippen LogP contribution in [0.15, 0.2) is 194 Å². The minimum absolute atomic E-state index is 0.558. The Balaban J connectivity index is 1.20. The molecule has 11 rings (SSSR count). The van der Waals surface area contributed by atoms with Crippen LogP contribution in [0.25, 0.3) is 100 Å². The number of aromatic nitrogens is 6. The molecule has 0 radical (unpaired) electrons. The third-order valence-electron chi connectivity index (χ3n) is 10.7. The lowest BCUT2D eigenvalue weighted by Crippen LogP contribution is -2.05. The summed E-state index contributed by atoms with van der Waals surface area (Å²) in [6, 6.07) is 63.2. The summed E-state index contributed by atoms with van der Waals surface area (Å²) in [5.41, 5.74) is 12.6. The molecule has 0 aliphatic carbocycles. The van der Waals surface area contributed by atoms with Crippen LogP contribution in [0.3, 0.4) is 0 Å². The Bertz CT molecular complexity index is 3100. The minimum atomic E-state index is 0.558. The molecule has 0 bridgehead atoms. The van der Waals surface area contributed by atoms with Crippen LogP contribution in [0.2, 0.25) is 0 Å². The lowest BCUT2D eigenvalue weighted by Gasteiger charge is -2.14. The molecule has 0 spiro atoms. The van der Waals surface area contributed by atoms with Gasteiger partial charge in [0.15, 0.2) is 0 Å². The van der Waals surface area contributed by atoms with Crippen LogP contribution in [0.4, 0.5) is 0 Å². The highest BCUT2D eigenvalue weighted by atomic mass is 15.2. The SMILES string of the molecule is c1ccc(-c2ccc(-c3cc(-c4ccc(-c5ccccc5)nc4)nc(-n4c5ccccc5c5ccc6c7ccccc7n(-c7ccccc7)c6c54)n3)nc2)cc1. The van der Waals surface area contributed by atoms with Crippen molar-refractivity contribution in [3.63, 3.8) is 0 Å². The quantitative estimate of drug-likeness (QED) is 0.172. The smallest absolute Gasteiger partial charge is 0.235 e. The van der Waals surface area contributed by atoms with Crippen molar-refractivity contribution in [1.29, 1.82) is 0 Å². The molecule has 0 saturated heterocycles. The van der Waals surface area contributed by atoms with E-state index >= 15 is 0 Å². The van der Waals surface area contributed by atoms with E-state index in [9.17, 15) is 0 Å². The molecule has 6 nitrogen and oxygen atoms in total. The maximum absolute atomic E-state index is 5.38. The van der Waals surface area contributed by atoms with Gasteiger partial charge in [0.1, 0.15) is 0 Å². The van der Waals surface area contributed by atoms with Gasteiger partial charge in [-0.2, -0.15) is 0 Å². The van der Waals surface area contributed by atoms with Gasteiger partial charge in [-0.3, -0.25) is 14.5 Å². The second-order valence-electron chi connectivity index (χ2n) is 13.9. The summed E-state index contributed by atoms with van der Waals surface area (Å²) in [7, 11) is 0. The Kier molecular flexibility index (Phi) is 7.38. The Hall–Kier alpha value is -7.70. The molecular weight excluding hydrogens is 685 g/mol. The van der Waals surface area contributed by atoms with Crippen molar-refractivity contribution in [1.82, 2.24) is 29.1 Å². The second-order valence-corrected chi connectivity index (χ2v) is 13.9. The number of benzene rings is 6. The highest BCUT2D eigenvalue weighted by Crippen LogP contribution is 2.41. The molecule has 6 heteroatoms. The zero-order valence-electron chi connectivity index (χ0n) is 30.2. The molecule has 6 aromatic carbocycles. The van der Waals surface area contributed by atoms with Gasteiger partial charge in [-0.05, 0) is 54.1 Å². The highest BCUT2D eigenvalue weighted by Gasteiger charge is 2.23. The van der Waals surface area contributed by atoms with Crippen LogP contribution in [-0.2, 0) is 0 Å². The van der Waals surface area contributed by atoms with E-state index in [-0.39, 0.29) is 0 Å². The first-order chi connectivity index (χ1) is 27.8. The second kappa shape index (κ2) is 13.0. The molecule has 0 aliphatic rings. The molecule has 56 heavy (non-hydrogen) atoms. The topological polar surface area (TPSA) is 61.4 Å². The lowest BCUT2D eigenvalue weighted by molar-refractivity contribution is 0.991. The standard InChI is InChI=1S/C50H32N6/c1-4-14-33(15-5-1)35-24-29-43(52-31-35)45-30-44(36-25-28-42(51-32-36)34-16-6-2-7-17-34)53-50(54-45)56-47-23-13-11-21-39(47)41-27-26-40-38-20-10-12-22-46(38)55(48(40)49(41)56)37-18-8-3-9-19-37/h1-32H. The van der Waals surface area contributed by atoms with E-state index in [0.29, 0.717) is 5.95 Å². The fourth-order valence-corrected chi connectivity index (χ4v) is 8.04. The third kappa shape index (κ3) is 5.19. The molecule has 0 atom stereocenters. The number of hydrogen-bond acceptors (Lipinski definition) is 4. The van der Waals surface area contributed by atoms with E-state index in [1.165, 1.54) is 5.39 Å². The van der Waals surface area contributed by atoms with E-state index < -0.39 is 0 Å². The van der Waals surface area contributed by atoms with E-state index in [4.69, 9.17) is 19.9 Å². The maximum Gasteiger partial charge on any atom is 0.235 e. The van der Waals surface area contributed by atoms with E-state index in [0.717, 1.165) is 88.9 Å². The number of hydrogen-bond donors (Lipinski definition) is 0. The van der Waals surface area contributed by atoms with Gasteiger partial charge < -0.3 is 4.57 Å². The normalized spacial score (nSPS) is 11.6. The summed E-state index contributed by atoms with van der Waals surface area (Å²) in [6.45, 7) is 0. The fraction of sp³-hybridized carbons (Fsp3) is 0. The highest BCUT2D eigenvalue weighted by molar-refractivity contribution is 6.23. The van der Waals surface area contributed by atoms with Crippen molar-refractivity contribution >= 4 is 43.6 Å². The van der Waals surface area contributed by atoms with Crippen molar-refractivity contribution in [3.05, 3.63) is 194 Å². The first kappa shape index (κ1) is 31.8. The van der Waals surface area contributed by atoms with Crippen LogP contribution in [0.1, 0.15) is 0 Å². The average Bonchev–Trinajstić information content (AvgIpc) is 3.80. The summed E-state index contributed by atoms with van der Waals surface area (Å²) in [5.74, 6) is 0.558. The summed E-state index contributed by atoms with van der Waals surface area (Å²) in [4.78, 5) is 20.6. The summed E-state index contributed by atoms with van der Waals surface area (Å²) < 4.78 is 4.62. The summed E-state index contributed by atoms with van der Waals surface area (Å²) in [6.07, 6.45) is 3.83.